The first-order valence-corrected chi connectivity index (χ1v) is 5.02. The summed E-state index contributed by atoms with van der Waals surface area (Å²) in [5.41, 5.74) is 0. The van der Waals surface area contributed by atoms with Crippen molar-refractivity contribution in [1.29, 1.82) is 0 Å². The molecule has 0 aromatic rings. The van der Waals surface area contributed by atoms with Crippen LogP contribution in [0.1, 0.15) is 14.9 Å². The van der Waals surface area contributed by atoms with Crippen LogP contribution >= 0.6 is 0 Å². The molecule has 2 fully saturated rings. The number of rotatable bonds is 4. The van der Waals surface area contributed by atoms with E-state index >= 15 is 0 Å². The molecule has 0 spiro atoms. The monoisotopic (exact) mass is 450 g/mol. The fourth-order valence-corrected chi connectivity index (χ4v) is 0.405. The van der Waals surface area contributed by atoms with Gasteiger partial charge in [0.1, 0.15) is 18.3 Å². The minimum Gasteiger partial charge on any atom is -0.394 e. The van der Waals surface area contributed by atoms with Crippen molar-refractivity contribution in [2.45, 2.75) is 33.2 Å². The first-order valence-electron chi connectivity index (χ1n) is 5.02. The Bertz CT molecular complexity index is 142. The molecular formula is C11H28O7Y2. The maximum atomic E-state index is 8.17. The average molecular weight is 450 g/mol. The van der Waals surface area contributed by atoms with Gasteiger partial charge in [-0.15, -0.1) is 0 Å². The van der Waals surface area contributed by atoms with E-state index < -0.39 is 6.10 Å². The first-order chi connectivity index (χ1) is 7.67. The SMILES string of the molecule is C.C.OCC(O)CO.OCC1CO1.OCC1CO1.[Y].[Y]. The quantitative estimate of drug-likeness (QED) is 0.325. The van der Waals surface area contributed by atoms with Crippen LogP contribution in [0.25, 0.3) is 0 Å². The molecule has 5 N–H and O–H groups in total. The van der Waals surface area contributed by atoms with Gasteiger partial charge in [-0.25, -0.2) is 0 Å². The number of hydrogen-bond acceptors (Lipinski definition) is 7. The molecule has 7 nitrogen and oxygen atoms in total. The van der Waals surface area contributed by atoms with Crippen molar-refractivity contribution < 1.29 is 100 Å². The van der Waals surface area contributed by atoms with E-state index in [0.717, 1.165) is 13.2 Å². The van der Waals surface area contributed by atoms with Crippen LogP contribution in [0.2, 0.25) is 0 Å². The summed E-state index contributed by atoms with van der Waals surface area (Å²) < 4.78 is 9.22. The average Bonchev–Trinajstić information content (AvgIpc) is 3.23. The fraction of sp³-hybridized carbons (Fsp3) is 1.00. The molecule has 0 bridgehead atoms. The molecule has 2 rings (SSSR count). The van der Waals surface area contributed by atoms with Gasteiger partial charge in [-0.3, -0.25) is 0 Å². The molecule has 0 aromatic carbocycles. The van der Waals surface area contributed by atoms with Crippen LogP contribution in [0.4, 0.5) is 0 Å². The van der Waals surface area contributed by atoms with Crippen LogP contribution in [0.5, 0.6) is 0 Å². The molecule has 0 amide bonds. The second-order valence-electron chi connectivity index (χ2n) is 3.29. The number of epoxide rings is 2. The molecule has 2 saturated heterocycles. The van der Waals surface area contributed by atoms with Gasteiger partial charge in [-0.1, -0.05) is 14.9 Å². The molecule has 2 unspecified atom stereocenters. The Balaban J connectivity index is -0.0000000512. The normalized spacial score (nSPS) is 20.1. The minimum absolute atomic E-state index is 0. The molecule has 2 aliphatic rings. The van der Waals surface area contributed by atoms with Crippen LogP contribution in [0.15, 0.2) is 0 Å². The van der Waals surface area contributed by atoms with Crippen molar-refractivity contribution >= 4 is 0 Å². The molecule has 2 heterocycles. The molecule has 2 radical (unpaired) electrons. The molecule has 0 aliphatic carbocycles. The molecule has 2 atom stereocenters. The summed E-state index contributed by atoms with van der Waals surface area (Å²) in [5, 5.41) is 40.2. The van der Waals surface area contributed by atoms with Crippen molar-refractivity contribution in [3.8, 4) is 0 Å². The largest absolute Gasteiger partial charge is 0.394 e. The van der Waals surface area contributed by atoms with Gasteiger partial charge in [0.15, 0.2) is 0 Å². The summed E-state index contributed by atoms with van der Waals surface area (Å²) in [6, 6.07) is 0. The Morgan fingerprint density at radius 3 is 1.05 bits per heavy atom. The van der Waals surface area contributed by atoms with Gasteiger partial charge in [-0.2, -0.15) is 0 Å². The van der Waals surface area contributed by atoms with Gasteiger partial charge >= 0.3 is 0 Å². The minimum atomic E-state index is -0.954. The van der Waals surface area contributed by atoms with Crippen molar-refractivity contribution in [1.82, 2.24) is 0 Å². The third-order valence-electron chi connectivity index (χ3n) is 1.63. The van der Waals surface area contributed by atoms with E-state index in [2.05, 4.69) is 9.47 Å². The summed E-state index contributed by atoms with van der Waals surface area (Å²) in [4.78, 5) is 0. The number of aliphatic hydroxyl groups excluding tert-OH is 5. The third kappa shape index (κ3) is 28.1. The zero-order valence-electron chi connectivity index (χ0n) is 10.2. The predicted molar refractivity (Wildman–Crippen MR) is 67.3 cm³/mol. The summed E-state index contributed by atoms with van der Waals surface area (Å²) in [6.45, 7) is 1.18. The summed E-state index contributed by atoms with van der Waals surface area (Å²) in [6.07, 6.45) is -0.574. The number of aliphatic hydroxyl groups is 5. The molecule has 120 valence electrons. The third-order valence-corrected chi connectivity index (χ3v) is 1.63. The molecule has 9 heteroatoms. The second-order valence-corrected chi connectivity index (χ2v) is 3.29. The Kier molecular flexibility index (Phi) is 38.9. The Morgan fingerprint density at radius 1 is 0.800 bits per heavy atom. The zero-order valence-corrected chi connectivity index (χ0v) is 15.9. The van der Waals surface area contributed by atoms with E-state index in [-0.39, 0.29) is 119 Å². The summed E-state index contributed by atoms with van der Waals surface area (Å²) >= 11 is 0. The van der Waals surface area contributed by atoms with Crippen LogP contribution in [-0.4, -0.2) is 83.5 Å². The van der Waals surface area contributed by atoms with Crippen LogP contribution in [0, 0.1) is 0 Å². The van der Waals surface area contributed by atoms with Crippen LogP contribution in [-0.2, 0) is 74.9 Å². The number of ether oxygens (including phenoxy) is 2. The Hall–Kier alpha value is 1.93. The Morgan fingerprint density at radius 2 is 1.05 bits per heavy atom. The van der Waals surface area contributed by atoms with Gasteiger partial charge in [0, 0.05) is 65.4 Å². The van der Waals surface area contributed by atoms with Gasteiger partial charge in [0.25, 0.3) is 0 Å². The molecule has 0 saturated carbocycles. The standard InChI is InChI=1S/C3H8O3.2C3H6O2.2CH4.2Y/c4-1-3(6)2-5;2*4-1-3-2-5-3;;;;/h3-6H,1-2H2;2*3-4H,1-2H2;2*1H4;;. The molecule has 0 aromatic heterocycles. The van der Waals surface area contributed by atoms with Gasteiger partial charge in [-0.05, 0) is 0 Å². The number of hydrogen-bond donors (Lipinski definition) is 5. The molecule has 2 aliphatic heterocycles. The Labute approximate surface area is 171 Å². The summed E-state index contributed by atoms with van der Waals surface area (Å²) in [5.74, 6) is 0. The van der Waals surface area contributed by atoms with Crippen LogP contribution in [0.3, 0.4) is 0 Å². The first kappa shape index (κ1) is 33.5. The van der Waals surface area contributed by atoms with Crippen molar-refractivity contribution in [2.24, 2.45) is 0 Å². The topological polar surface area (TPSA) is 126 Å². The van der Waals surface area contributed by atoms with E-state index in [9.17, 15) is 0 Å². The second kappa shape index (κ2) is 23.2. The summed E-state index contributed by atoms with van der Waals surface area (Å²) in [7, 11) is 0. The van der Waals surface area contributed by atoms with Crippen molar-refractivity contribution in [3.05, 3.63) is 0 Å². The smallest absolute Gasteiger partial charge is 0.104 e. The maximum Gasteiger partial charge on any atom is 0.104 e. The zero-order chi connectivity index (χ0) is 12.4. The van der Waals surface area contributed by atoms with Gasteiger partial charge in [0.2, 0.25) is 0 Å². The van der Waals surface area contributed by atoms with E-state index in [1.807, 2.05) is 0 Å². The van der Waals surface area contributed by atoms with E-state index in [1.54, 1.807) is 0 Å². The van der Waals surface area contributed by atoms with Gasteiger partial charge in [0.05, 0.1) is 39.6 Å². The van der Waals surface area contributed by atoms with Crippen molar-refractivity contribution in [3.63, 3.8) is 0 Å². The van der Waals surface area contributed by atoms with Gasteiger partial charge < -0.3 is 35.0 Å². The van der Waals surface area contributed by atoms with E-state index in [0.29, 0.717) is 0 Å². The maximum absolute atomic E-state index is 8.17. The van der Waals surface area contributed by atoms with Crippen molar-refractivity contribution in [2.75, 3.05) is 39.6 Å². The molecular weight excluding hydrogens is 422 g/mol. The van der Waals surface area contributed by atoms with E-state index in [4.69, 9.17) is 25.5 Å². The van der Waals surface area contributed by atoms with Crippen LogP contribution < -0.4 is 0 Å². The molecule has 20 heavy (non-hydrogen) atoms. The fourth-order valence-electron chi connectivity index (χ4n) is 0.405. The van der Waals surface area contributed by atoms with E-state index in [1.165, 1.54) is 0 Å². The predicted octanol–water partition coefficient (Wildman–Crippen LogP) is -1.65.